The lowest BCUT2D eigenvalue weighted by Gasteiger charge is -2.06. The number of nitriles is 1. The Balaban J connectivity index is 1.84. The van der Waals surface area contributed by atoms with Crippen LogP contribution in [0.2, 0.25) is 5.02 Å². The van der Waals surface area contributed by atoms with Crippen molar-refractivity contribution in [1.29, 1.82) is 5.26 Å². The Kier molecular flexibility index (Phi) is 5.29. The minimum Gasteiger partial charge on any atom is -0.495 e. The molecule has 25 heavy (non-hydrogen) atoms. The van der Waals surface area contributed by atoms with Crippen molar-refractivity contribution in [3.63, 3.8) is 0 Å². The molecule has 0 aliphatic rings. The molecule has 0 atom stereocenters. The highest BCUT2D eigenvalue weighted by Gasteiger charge is 2.11. The molecular formula is C18H13ClN4OS. The van der Waals surface area contributed by atoms with E-state index in [2.05, 4.69) is 21.6 Å². The molecule has 0 saturated heterocycles. The summed E-state index contributed by atoms with van der Waals surface area (Å²) in [7, 11) is 1.58. The van der Waals surface area contributed by atoms with Crippen molar-refractivity contribution in [3.05, 3.63) is 63.9 Å². The molecule has 1 heterocycles. The minimum absolute atomic E-state index is 0.205. The predicted molar refractivity (Wildman–Crippen MR) is 101 cm³/mol. The molecule has 1 aromatic heterocycles. The molecule has 0 bridgehead atoms. The first kappa shape index (κ1) is 17.0. The van der Waals surface area contributed by atoms with Crippen molar-refractivity contribution in [3.8, 4) is 23.1 Å². The number of para-hydroxylation sites is 2. The molecule has 2 aromatic carbocycles. The molecule has 124 valence electrons. The molecular weight excluding hydrogens is 356 g/mol. The van der Waals surface area contributed by atoms with Gasteiger partial charge < -0.3 is 4.74 Å². The number of aromatic nitrogens is 1. The molecule has 5 nitrogen and oxygen atoms in total. The highest BCUT2D eigenvalue weighted by Crippen LogP contribution is 2.25. The van der Waals surface area contributed by atoms with E-state index in [1.165, 1.54) is 11.3 Å². The highest BCUT2D eigenvalue weighted by molar-refractivity contribution is 7.12. The molecule has 0 spiro atoms. The number of hydrazone groups is 1. The minimum atomic E-state index is 0.205. The van der Waals surface area contributed by atoms with Crippen LogP contribution >= 0.6 is 22.9 Å². The number of hydrogen-bond donors (Lipinski definition) is 1. The summed E-state index contributed by atoms with van der Waals surface area (Å²) < 4.78 is 5.25. The quantitative estimate of drug-likeness (QED) is 0.518. The second-order valence-corrected chi connectivity index (χ2v) is 6.22. The van der Waals surface area contributed by atoms with E-state index < -0.39 is 0 Å². The van der Waals surface area contributed by atoms with Gasteiger partial charge >= 0.3 is 0 Å². The van der Waals surface area contributed by atoms with Crippen LogP contribution in [0.25, 0.3) is 11.3 Å². The average Bonchev–Trinajstić information content (AvgIpc) is 3.13. The number of ether oxygens (including phenoxy) is 1. The van der Waals surface area contributed by atoms with Gasteiger partial charge in [-0.2, -0.15) is 10.4 Å². The maximum Gasteiger partial charge on any atom is 0.196 e. The van der Waals surface area contributed by atoms with Crippen molar-refractivity contribution in [2.45, 2.75) is 0 Å². The number of halogens is 1. The lowest BCUT2D eigenvalue weighted by molar-refractivity contribution is 0.416. The number of benzene rings is 2. The Morgan fingerprint density at radius 3 is 2.72 bits per heavy atom. The number of anilines is 1. The van der Waals surface area contributed by atoms with E-state index in [0.29, 0.717) is 21.5 Å². The van der Waals surface area contributed by atoms with Gasteiger partial charge in [-0.3, -0.25) is 5.43 Å². The molecule has 0 amide bonds. The largest absolute Gasteiger partial charge is 0.495 e. The summed E-state index contributed by atoms with van der Waals surface area (Å²) in [6.45, 7) is 0. The van der Waals surface area contributed by atoms with Crippen molar-refractivity contribution in [2.24, 2.45) is 5.10 Å². The summed E-state index contributed by atoms with van der Waals surface area (Å²) in [6, 6.07) is 16.8. The molecule has 0 aliphatic carbocycles. The fraction of sp³-hybridized carbons (Fsp3) is 0.0556. The standard InChI is InChI=1S/C18H13ClN4OS/c1-24-17-5-3-2-4-14(17)22-23-15(10-20)18-21-16(11-25-18)12-6-8-13(19)9-7-12/h2-9,11,22H,1H3/b23-15+. The average molecular weight is 369 g/mol. The summed E-state index contributed by atoms with van der Waals surface area (Å²) in [5, 5.41) is 16.6. The zero-order valence-electron chi connectivity index (χ0n) is 13.2. The molecule has 1 N–H and O–H groups in total. The number of nitrogens with zero attached hydrogens (tertiary/aromatic N) is 3. The first-order valence-electron chi connectivity index (χ1n) is 7.30. The number of nitrogens with one attached hydrogen (secondary N) is 1. The summed E-state index contributed by atoms with van der Waals surface area (Å²) in [5.41, 5.74) is 5.45. The summed E-state index contributed by atoms with van der Waals surface area (Å²) >= 11 is 7.26. The van der Waals surface area contributed by atoms with Gasteiger partial charge in [-0.05, 0) is 24.3 Å². The Morgan fingerprint density at radius 1 is 1.24 bits per heavy atom. The number of thiazole rings is 1. The van der Waals surface area contributed by atoms with Crippen LogP contribution < -0.4 is 10.2 Å². The van der Waals surface area contributed by atoms with Gasteiger partial charge in [0.05, 0.1) is 18.5 Å². The van der Waals surface area contributed by atoms with Crippen LogP contribution in [0, 0.1) is 11.3 Å². The molecule has 0 radical (unpaired) electrons. The third-order valence-corrected chi connectivity index (χ3v) is 4.45. The van der Waals surface area contributed by atoms with Crippen LogP contribution in [-0.4, -0.2) is 17.8 Å². The summed E-state index contributed by atoms with van der Waals surface area (Å²) in [5.74, 6) is 0.643. The fourth-order valence-corrected chi connectivity index (χ4v) is 3.00. The van der Waals surface area contributed by atoms with E-state index in [9.17, 15) is 5.26 Å². The maximum atomic E-state index is 9.40. The second-order valence-electron chi connectivity index (χ2n) is 4.93. The topological polar surface area (TPSA) is 70.3 Å². The van der Waals surface area contributed by atoms with Crippen molar-refractivity contribution in [1.82, 2.24) is 4.98 Å². The molecule has 3 rings (SSSR count). The summed E-state index contributed by atoms with van der Waals surface area (Å²) in [4.78, 5) is 4.49. The second kappa shape index (κ2) is 7.79. The molecule has 3 aromatic rings. The lowest BCUT2D eigenvalue weighted by atomic mass is 10.2. The van der Waals surface area contributed by atoms with Crippen LogP contribution in [0.3, 0.4) is 0 Å². The first-order valence-corrected chi connectivity index (χ1v) is 8.55. The first-order chi connectivity index (χ1) is 12.2. The van der Waals surface area contributed by atoms with Crippen molar-refractivity contribution >= 4 is 34.3 Å². The third kappa shape index (κ3) is 3.97. The Labute approximate surface area is 154 Å². The zero-order valence-corrected chi connectivity index (χ0v) is 14.8. The fourth-order valence-electron chi connectivity index (χ4n) is 2.11. The summed E-state index contributed by atoms with van der Waals surface area (Å²) in [6.07, 6.45) is 0. The Hall–Kier alpha value is -2.88. The van der Waals surface area contributed by atoms with Crippen LogP contribution in [0.5, 0.6) is 5.75 Å². The van der Waals surface area contributed by atoms with Gasteiger partial charge in [0.2, 0.25) is 0 Å². The van der Waals surface area contributed by atoms with Crippen LogP contribution in [0.15, 0.2) is 59.0 Å². The lowest BCUT2D eigenvalue weighted by Crippen LogP contribution is -2.02. The molecule has 0 fully saturated rings. The highest BCUT2D eigenvalue weighted by atomic mass is 35.5. The molecule has 0 unspecified atom stereocenters. The Bertz CT molecular complexity index is 944. The molecule has 0 saturated carbocycles. The van der Waals surface area contributed by atoms with Gasteiger partial charge in [0.25, 0.3) is 0 Å². The van der Waals surface area contributed by atoms with Gasteiger partial charge in [0.1, 0.15) is 11.8 Å². The van der Waals surface area contributed by atoms with E-state index >= 15 is 0 Å². The van der Waals surface area contributed by atoms with Gasteiger partial charge in [-0.15, -0.1) is 11.3 Å². The number of methoxy groups -OCH3 is 1. The smallest absolute Gasteiger partial charge is 0.196 e. The number of hydrogen-bond acceptors (Lipinski definition) is 6. The zero-order chi connectivity index (χ0) is 17.6. The molecule has 7 heteroatoms. The van der Waals surface area contributed by atoms with Crippen LogP contribution in [0.4, 0.5) is 5.69 Å². The van der Waals surface area contributed by atoms with Crippen LogP contribution in [-0.2, 0) is 0 Å². The van der Waals surface area contributed by atoms with Gasteiger partial charge in [-0.25, -0.2) is 4.98 Å². The maximum absolute atomic E-state index is 9.40. The molecule has 0 aliphatic heterocycles. The Morgan fingerprint density at radius 2 is 2.00 bits per heavy atom. The van der Waals surface area contributed by atoms with Gasteiger partial charge in [0, 0.05) is 16.0 Å². The normalized spacial score (nSPS) is 11.0. The van der Waals surface area contributed by atoms with E-state index in [1.807, 2.05) is 41.8 Å². The number of rotatable bonds is 5. The van der Waals surface area contributed by atoms with Crippen molar-refractivity contribution in [2.75, 3.05) is 12.5 Å². The van der Waals surface area contributed by atoms with Crippen molar-refractivity contribution < 1.29 is 4.74 Å². The van der Waals surface area contributed by atoms with E-state index in [0.717, 1.165) is 11.3 Å². The van der Waals surface area contributed by atoms with Gasteiger partial charge in [0.15, 0.2) is 10.7 Å². The predicted octanol–water partition coefficient (Wildman–Crippen LogP) is 4.81. The van der Waals surface area contributed by atoms with E-state index in [4.69, 9.17) is 16.3 Å². The van der Waals surface area contributed by atoms with Gasteiger partial charge in [-0.1, -0.05) is 35.9 Å². The monoisotopic (exact) mass is 368 g/mol. The van der Waals surface area contributed by atoms with E-state index in [-0.39, 0.29) is 5.71 Å². The van der Waals surface area contributed by atoms with E-state index in [1.54, 1.807) is 19.2 Å². The SMILES string of the molecule is COc1ccccc1N/N=C(\C#N)c1nc(-c2ccc(Cl)cc2)cs1. The third-order valence-electron chi connectivity index (χ3n) is 3.35. The van der Waals surface area contributed by atoms with Crippen LogP contribution in [0.1, 0.15) is 5.01 Å².